The Morgan fingerprint density at radius 1 is 1.29 bits per heavy atom. The van der Waals surface area contributed by atoms with E-state index in [4.69, 9.17) is 0 Å². The first-order valence-corrected chi connectivity index (χ1v) is 7.13. The van der Waals surface area contributed by atoms with Gasteiger partial charge in [0.1, 0.15) is 11.7 Å². The monoisotopic (exact) mass is 286 g/mol. The number of H-pyrrole nitrogens is 1. The number of likely N-dealkylation sites (tertiary alicyclic amines) is 1. The Bertz CT molecular complexity index is 634. The van der Waals surface area contributed by atoms with Crippen LogP contribution in [-0.4, -0.2) is 32.9 Å². The van der Waals surface area contributed by atoms with Crippen LogP contribution in [-0.2, 0) is 5.54 Å². The van der Waals surface area contributed by atoms with E-state index in [1.54, 1.807) is 0 Å². The van der Waals surface area contributed by atoms with E-state index in [0.717, 1.165) is 31.5 Å². The van der Waals surface area contributed by atoms with E-state index in [1.807, 2.05) is 30.3 Å². The quantitative estimate of drug-likeness (QED) is 0.692. The molecule has 0 saturated carbocycles. The van der Waals surface area contributed by atoms with Crippen LogP contribution >= 0.6 is 0 Å². The molecule has 1 aromatic heterocycles. The number of aromatic amines is 1. The Morgan fingerprint density at radius 3 is 2.52 bits per heavy atom. The van der Waals surface area contributed by atoms with Gasteiger partial charge in [0.05, 0.1) is 0 Å². The van der Waals surface area contributed by atoms with Crippen molar-refractivity contribution in [2.45, 2.75) is 25.3 Å². The lowest BCUT2D eigenvalue weighted by Gasteiger charge is -2.36. The topological polar surface area (TPSA) is 75.1 Å². The van der Waals surface area contributed by atoms with Crippen molar-refractivity contribution in [1.82, 2.24) is 14.9 Å². The summed E-state index contributed by atoms with van der Waals surface area (Å²) in [7, 11) is 0. The van der Waals surface area contributed by atoms with Crippen LogP contribution in [0.5, 0.6) is 0 Å². The van der Waals surface area contributed by atoms with Crippen molar-refractivity contribution in [1.29, 1.82) is 0 Å². The fourth-order valence-corrected chi connectivity index (χ4v) is 3.05. The van der Waals surface area contributed by atoms with Crippen LogP contribution in [0.3, 0.4) is 0 Å². The minimum atomic E-state index is -0.466. The summed E-state index contributed by atoms with van der Waals surface area (Å²) in [5, 5.41) is 10.9. The van der Waals surface area contributed by atoms with Gasteiger partial charge in [-0.1, -0.05) is 30.3 Å². The smallest absolute Gasteiger partial charge is 0.340 e. The van der Waals surface area contributed by atoms with E-state index >= 15 is 0 Å². The molecule has 2 heterocycles. The molecule has 2 aromatic rings. The standard InChI is InChI=1S/C15H18N4O2/c1-15(18-9-5-6-10-18,12-7-3-2-4-8-12)14-16-11-13(17-14)19(20)21/h2-4,7-8,11H,5-6,9-10H2,1H3,(H,16,17). The summed E-state index contributed by atoms with van der Waals surface area (Å²) >= 11 is 0. The van der Waals surface area contributed by atoms with Gasteiger partial charge >= 0.3 is 5.82 Å². The van der Waals surface area contributed by atoms with E-state index in [1.165, 1.54) is 6.20 Å². The third kappa shape index (κ3) is 2.31. The molecule has 110 valence electrons. The molecule has 1 aliphatic heterocycles. The van der Waals surface area contributed by atoms with E-state index in [2.05, 4.69) is 21.8 Å². The second-order valence-electron chi connectivity index (χ2n) is 5.51. The van der Waals surface area contributed by atoms with Gasteiger partial charge in [0, 0.05) is 0 Å². The van der Waals surface area contributed by atoms with Crippen LogP contribution in [0.15, 0.2) is 36.5 Å². The molecule has 0 aliphatic carbocycles. The van der Waals surface area contributed by atoms with Crippen molar-refractivity contribution < 1.29 is 4.92 Å². The summed E-state index contributed by atoms with van der Waals surface area (Å²) < 4.78 is 0. The van der Waals surface area contributed by atoms with Gasteiger partial charge in [0.25, 0.3) is 0 Å². The molecule has 1 unspecified atom stereocenters. The summed E-state index contributed by atoms with van der Waals surface area (Å²) in [4.78, 5) is 20.0. The Balaban J connectivity index is 2.09. The SMILES string of the molecule is CC(c1ccccc1)(c1ncc([N+](=O)[O-])[nH]1)N1CCCC1. The number of rotatable bonds is 4. The number of nitrogens with zero attached hydrogens (tertiary/aromatic N) is 3. The molecular formula is C15H18N4O2. The summed E-state index contributed by atoms with van der Waals surface area (Å²) in [6.07, 6.45) is 3.59. The highest BCUT2D eigenvalue weighted by atomic mass is 16.6. The molecule has 1 saturated heterocycles. The lowest BCUT2D eigenvalue weighted by atomic mass is 9.89. The summed E-state index contributed by atoms with van der Waals surface area (Å²) in [5.41, 5.74) is 0.627. The third-order valence-corrected chi connectivity index (χ3v) is 4.29. The van der Waals surface area contributed by atoms with Crippen LogP contribution in [0.4, 0.5) is 5.82 Å². The van der Waals surface area contributed by atoms with Crippen molar-refractivity contribution >= 4 is 5.82 Å². The zero-order chi connectivity index (χ0) is 14.9. The van der Waals surface area contributed by atoms with Gasteiger partial charge in [-0.3, -0.25) is 4.90 Å². The molecule has 1 fully saturated rings. The first-order valence-electron chi connectivity index (χ1n) is 7.13. The summed E-state index contributed by atoms with van der Waals surface area (Å²) in [6.45, 7) is 4.02. The molecular weight excluding hydrogens is 268 g/mol. The second-order valence-corrected chi connectivity index (χ2v) is 5.51. The van der Waals surface area contributed by atoms with E-state index in [-0.39, 0.29) is 5.82 Å². The van der Waals surface area contributed by atoms with Crippen molar-refractivity contribution in [2.24, 2.45) is 0 Å². The van der Waals surface area contributed by atoms with Crippen LogP contribution in [0.25, 0.3) is 0 Å². The van der Waals surface area contributed by atoms with Crippen molar-refractivity contribution in [3.63, 3.8) is 0 Å². The Morgan fingerprint density at radius 2 is 1.95 bits per heavy atom. The lowest BCUT2D eigenvalue weighted by Crippen LogP contribution is -2.43. The average Bonchev–Trinajstić information content (AvgIpc) is 3.19. The predicted molar refractivity (Wildman–Crippen MR) is 78.9 cm³/mol. The van der Waals surface area contributed by atoms with Gasteiger partial charge < -0.3 is 10.1 Å². The van der Waals surface area contributed by atoms with Crippen LogP contribution < -0.4 is 0 Å². The fourth-order valence-electron chi connectivity index (χ4n) is 3.05. The van der Waals surface area contributed by atoms with E-state index < -0.39 is 10.5 Å². The first-order chi connectivity index (χ1) is 10.1. The average molecular weight is 286 g/mol. The minimum Gasteiger partial charge on any atom is -0.358 e. The van der Waals surface area contributed by atoms with Gasteiger partial charge in [-0.25, -0.2) is 9.97 Å². The first kappa shape index (κ1) is 13.8. The Labute approximate surface area is 123 Å². The maximum absolute atomic E-state index is 10.9. The molecule has 1 N–H and O–H groups in total. The number of hydrogen-bond acceptors (Lipinski definition) is 4. The number of benzene rings is 1. The normalized spacial score (nSPS) is 18.5. The molecule has 1 atom stereocenters. The van der Waals surface area contributed by atoms with Crippen molar-refractivity contribution in [2.75, 3.05) is 13.1 Å². The second kappa shape index (κ2) is 5.29. The molecule has 1 aromatic carbocycles. The molecule has 0 amide bonds. The summed E-state index contributed by atoms with van der Waals surface area (Å²) in [5.74, 6) is 0.564. The number of imidazole rings is 1. The highest BCUT2D eigenvalue weighted by molar-refractivity contribution is 5.33. The number of nitro groups is 1. The Hall–Kier alpha value is -2.21. The van der Waals surface area contributed by atoms with Gasteiger partial charge in [0.2, 0.25) is 5.82 Å². The summed E-state index contributed by atoms with van der Waals surface area (Å²) in [6, 6.07) is 10.0. The molecule has 1 aliphatic rings. The molecule has 0 bridgehead atoms. The van der Waals surface area contributed by atoms with Gasteiger partial charge in [0.15, 0.2) is 0 Å². The number of nitrogens with one attached hydrogen (secondary N) is 1. The van der Waals surface area contributed by atoms with Gasteiger partial charge in [-0.05, 0) is 43.3 Å². The fraction of sp³-hybridized carbons (Fsp3) is 0.400. The minimum absolute atomic E-state index is 0.0636. The Kier molecular flexibility index (Phi) is 3.47. The molecule has 6 heteroatoms. The predicted octanol–water partition coefficient (Wildman–Crippen LogP) is 2.68. The van der Waals surface area contributed by atoms with Crippen LogP contribution in [0, 0.1) is 10.1 Å². The van der Waals surface area contributed by atoms with Gasteiger partial charge in [-0.2, -0.15) is 0 Å². The van der Waals surface area contributed by atoms with Crippen molar-refractivity contribution in [3.05, 3.63) is 58.0 Å². The molecule has 0 radical (unpaired) electrons. The number of aromatic nitrogens is 2. The van der Waals surface area contributed by atoms with Crippen LogP contribution in [0.2, 0.25) is 0 Å². The zero-order valence-corrected chi connectivity index (χ0v) is 12.0. The molecule has 21 heavy (non-hydrogen) atoms. The maximum atomic E-state index is 10.9. The third-order valence-electron chi connectivity index (χ3n) is 4.29. The van der Waals surface area contributed by atoms with Crippen LogP contribution in [0.1, 0.15) is 31.2 Å². The number of hydrogen-bond donors (Lipinski definition) is 1. The van der Waals surface area contributed by atoms with E-state index in [0.29, 0.717) is 5.82 Å². The highest BCUT2D eigenvalue weighted by Crippen LogP contribution is 2.36. The van der Waals surface area contributed by atoms with Crippen molar-refractivity contribution in [3.8, 4) is 0 Å². The molecule has 6 nitrogen and oxygen atoms in total. The molecule has 3 rings (SSSR count). The highest BCUT2D eigenvalue weighted by Gasteiger charge is 2.42. The maximum Gasteiger partial charge on any atom is 0.340 e. The van der Waals surface area contributed by atoms with E-state index in [9.17, 15) is 10.1 Å². The van der Waals surface area contributed by atoms with Gasteiger partial charge in [-0.15, -0.1) is 0 Å². The zero-order valence-electron chi connectivity index (χ0n) is 12.0. The lowest BCUT2D eigenvalue weighted by molar-refractivity contribution is -0.389. The largest absolute Gasteiger partial charge is 0.358 e. The molecule has 0 spiro atoms.